The van der Waals surface area contributed by atoms with E-state index in [9.17, 15) is 21.6 Å². The Balaban J connectivity index is 1.71. The summed E-state index contributed by atoms with van der Waals surface area (Å²) in [6.07, 6.45) is -5.44. The molecular weight excluding hydrogens is 359 g/mol. The second-order valence-corrected chi connectivity index (χ2v) is 7.18. The lowest BCUT2D eigenvalue weighted by atomic mass is 10.1. The summed E-state index contributed by atoms with van der Waals surface area (Å²) >= 11 is 0. The largest absolute Gasteiger partial charge is 0.454 e. The number of ether oxygens (including phenoxy) is 2. The topological polar surface area (TPSA) is 64.6 Å². The summed E-state index contributed by atoms with van der Waals surface area (Å²) in [6, 6.07) is 9.72. The molecule has 0 spiro atoms. The van der Waals surface area contributed by atoms with E-state index < -0.39 is 22.6 Å². The second kappa shape index (κ2) is 6.57. The lowest BCUT2D eigenvalue weighted by molar-refractivity contribution is -0.127. The van der Waals surface area contributed by atoms with E-state index >= 15 is 0 Å². The van der Waals surface area contributed by atoms with Crippen molar-refractivity contribution >= 4 is 10.0 Å². The second-order valence-electron chi connectivity index (χ2n) is 5.41. The van der Waals surface area contributed by atoms with Crippen molar-refractivity contribution in [2.75, 3.05) is 6.79 Å². The van der Waals surface area contributed by atoms with Crippen LogP contribution in [0.3, 0.4) is 0 Å². The molecule has 3 rings (SSSR count). The van der Waals surface area contributed by atoms with E-state index in [0.29, 0.717) is 17.1 Å². The molecule has 9 heteroatoms. The number of benzene rings is 2. The van der Waals surface area contributed by atoms with Gasteiger partial charge in [0.05, 0.1) is 11.3 Å². The van der Waals surface area contributed by atoms with Crippen LogP contribution in [0.4, 0.5) is 13.2 Å². The van der Waals surface area contributed by atoms with E-state index in [-0.39, 0.29) is 23.8 Å². The summed E-state index contributed by atoms with van der Waals surface area (Å²) in [5, 5.41) is 0. The number of fused-ring (bicyclic) bond motifs is 1. The van der Waals surface area contributed by atoms with E-state index in [2.05, 4.69) is 4.72 Å². The van der Waals surface area contributed by atoms with Gasteiger partial charge in [-0.3, -0.25) is 0 Å². The quantitative estimate of drug-likeness (QED) is 0.875. The van der Waals surface area contributed by atoms with E-state index in [1.807, 2.05) is 0 Å². The zero-order valence-corrected chi connectivity index (χ0v) is 13.7. The van der Waals surface area contributed by atoms with Gasteiger partial charge in [-0.15, -0.1) is 0 Å². The first-order valence-corrected chi connectivity index (χ1v) is 8.76. The average molecular weight is 373 g/mol. The van der Waals surface area contributed by atoms with Crippen molar-refractivity contribution in [3.63, 3.8) is 0 Å². The third-order valence-corrected chi connectivity index (χ3v) is 4.99. The van der Waals surface area contributed by atoms with Gasteiger partial charge in [-0.05, 0) is 23.8 Å². The van der Waals surface area contributed by atoms with Gasteiger partial charge >= 0.3 is 6.18 Å². The van der Waals surface area contributed by atoms with Crippen LogP contribution < -0.4 is 14.2 Å². The normalized spacial score (nSPS) is 13.9. The molecule has 1 aliphatic rings. The number of alkyl halides is 3. The van der Waals surface area contributed by atoms with Crippen molar-refractivity contribution in [2.24, 2.45) is 0 Å². The summed E-state index contributed by atoms with van der Waals surface area (Å²) in [7, 11) is -3.86. The molecule has 2 aromatic rings. The van der Waals surface area contributed by atoms with Crippen molar-refractivity contribution in [3.05, 3.63) is 53.6 Å². The highest BCUT2D eigenvalue weighted by Crippen LogP contribution is 2.35. The van der Waals surface area contributed by atoms with Crippen LogP contribution in [0.2, 0.25) is 0 Å². The van der Waals surface area contributed by atoms with Gasteiger partial charge in [-0.2, -0.15) is 13.2 Å². The van der Waals surface area contributed by atoms with Gasteiger partial charge < -0.3 is 9.47 Å². The summed E-state index contributed by atoms with van der Waals surface area (Å²) in [5.41, 5.74) is 0.602. The van der Waals surface area contributed by atoms with E-state index in [4.69, 9.17) is 9.47 Å². The van der Waals surface area contributed by atoms with Crippen LogP contribution >= 0.6 is 0 Å². The molecule has 1 aliphatic heterocycles. The number of nitrogens with one attached hydrogen (secondary N) is 1. The van der Waals surface area contributed by atoms with Crippen molar-refractivity contribution in [1.29, 1.82) is 0 Å². The molecule has 25 heavy (non-hydrogen) atoms. The third kappa shape index (κ3) is 4.23. The Morgan fingerprint density at radius 2 is 1.76 bits per heavy atom. The first kappa shape index (κ1) is 17.6. The first-order chi connectivity index (χ1) is 11.7. The van der Waals surface area contributed by atoms with E-state index in [0.717, 1.165) is 24.3 Å². The maximum Gasteiger partial charge on any atom is 0.393 e. The molecule has 0 saturated heterocycles. The lowest BCUT2D eigenvalue weighted by Gasteiger charge is -2.10. The third-order valence-electron chi connectivity index (χ3n) is 3.57. The van der Waals surface area contributed by atoms with Gasteiger partial charge in [-0.1, -0.05) is 24.3 Å². The highest BCUT2D eigenvalue weighted by Gasteiger charge is 2.27. The van der Waals surface area contributed by atoms with E-state index in [1.54, 1.807) is 18.2 Å². The van der Waals surface area contributed by atoms with Crippen LogP contribution in [0, 0.1) is 0 Å². The number of sulfonamides is 1. The van der Waals surface area contributed by atoms with E-state index in [1.165, 1.54) is 0 Å². The van der Waals surface area contributed by atoms with Crippen LogP contribution in [0.1, 0.15) is 11.1 Å². The Hall–Kier alpha value is -2.26. The van der Waals surface area contributed by atoms with Crippen molar-refractivity contribution in [1.82, 2.24) is 4.72 Å². The Labute approximate surface area is 142 Å². The smallest absolute Gasteiger partial charge is 0.393 e. The lowest BCUT2D eigenvalue weighted by Crippen LogP contribution is -2.23. The molecule has 0 aliphatic carbocycles. The fraction of sp³-hybridized carbons (Fsp3) is 0.250. The van der Waals surface area contributed by atoms with Crippen molar-refractivity contribution in [2.45, 2.75) is 24.0 Å². The minimum Gasteiger partial charge on any atom is -0.454 e. The maximum atomic E-state index is 12.3. The highest BCUT2D eigenvalue weighted by atomic mass is 32.2. The molecular formula is C16H14F3NO4S. The molecule has 0 amide bonds. The summed E-state index contributed by atoms with van der Waals surface area (Å²) < 4.78 is 74.5. The molecule has 1 heterocycles. The van der Waals surface area contributed by atoms with Gasteiger partial charge in [0.15, 0.2) is 11.5 Å². The van der Waals surface area contributed by atoms with Crippen LogP contribution in [-0.2, 0) is 23.0 Å². The molecule has 0 radical (unpaired) electrons. The maximum absolute atomic E-state index is 12.3. The molecule has 0 unspecified atom stereocenters. The zero-order valence-electron chi connectivity index (χ0n) is 12.8. The Morgan fingerprint density at radius 1 is 1.04 bits per heavy atom. The first-order valence-electron chi connectivity index (χ1n) is 7.27. The Morgan fingerprint density at radius 3 is 2.44 bits per heavy atom. The van der Waals surface area contributed by atoms with Crippen LogP contribution in [0.5, 0.6) is 11.5 Å². The van der Waals surface area contributed by atoms with Gasteiger partial charge in [0.1, 0.15) is 0 Å². The monoisotopic (exact) mass is 373 g/mol. The molecule has 1 N–H and O–H groups in total. The standard InChI is InChI=1S/C16H14F3NO4S/c17-16(18,19)8-11-4-6-13(7-5-11)25(21,22)20-9-12-2-1-3-14-15(12)24-10-23-14/h1-7,20H,8-10H2. The van der Waals surface area contributed by atoms with Crippen molar-refractivity contribution < 1.29 is 31.1 Å². The minimum absolute atomic E-state index is 0.00197. The molecule has 5 nitrogen and oxygen atoms in total. The fourth-order valence-electron chi connectivity index (χ4n) is 2.40. The summed E-state index contributed by atoms with van der Waals surface area (Å²) in [4.78, 5) is -0.108. The number of hydrogen-bond donors (Lipinski definition) is 1. The molecule has 0 aromatic heterocycles. The molecule has 0 saturated carbocycles. The highest BCUT2D eigenvalue weighted by molar-refractivity contribution is 7.89. The van der Waals surface area contributed by atoms with Gasteiger partial charge in [0.2, 0.25) is 16.8 Å². The number of halogens is 3. The molecule has 0 fully saturated rings. The number of hydrogen-bond acceptors (Lipinski definition) is 4. The predicted molar refractivity (Wildman–Crippen MR) is 82.8 cm³/mol. The van der Waals surface area contributed by atoms with Gasteiger partial charge in [0, 0.05) is 12.1 Å². The average Bonchev–Trinajstić information content (AvgIpc) is 3.01. The molecule has 0 bridgehead atoms. The van der Waals surface area contributed by atoms with Crippen LogP contribution in [0.15, 0.2) is 47.4 Å². The fourth-order valence-corrected chi connectivity index (χ4v) is 3.41. The molecule has 2 aromatic carbocycles. The number of para-hydroxylation sites is 1. The van der Waals surface area contributed by atoms with Crippen LogP contribution in [-0.4, -0.2) is 21.4 Å². The molecule has 0 atom stereocenters. The van der Waals surface area contributed by atoms with Crippen molar-refractivity contribution in [3.8, 4) is 11.5 Å². The zero-order chi connectivity index (χ0) is 18.1. The Bertz CT molecular complexity index is 864. The summed E-state index contributed by atoms with van der Waals surface area (Å²) in [6.45, 7) is 0.0406. The minimum atomic E-state index is -4.34. The van der Waals surface area contributed by atoms with Crippen LogP contribution in [0.25, 0.3) is 0 Å². The Kier molecular flexibility index (Phi) is 4.61. The summed E-state index contributed by atoms with van der Waals surface area (Å²) in [5.74, 6) is 1.01. The molecule has 134 valence electrons. The van der Waals surface area contributed by atoms with Gasteiger partial charge in [0.25, 0.3) is 0 Å². The predicted octanol–water partition coefficient (Wildman–Crippen LogP) is 3.00. The SMILES string of the molecule is O=S(=O)(NCc1cccc2c1OCO2)c1ccc(CC(F)(F)F)cc1. The number of rotatable bonds is 5. The van der Waals surface area contributed by atoms with Gasteiger partial charge in [-0.25, -0.2) is 13.1 Å².